The lowest BCUT2D eigenvalue weighted by Gasteiger charge is -2.35. The predicted molar refractivity (Wildman–Crippen MR) is 84.0 cm³/mol. The summed E-state index contributed by atoms with van der Waals surface area (Å²) in [6, 6.07) is -0.113. The van der Waals surface area contributed by atoms with Crippen LogP contribution in [0.5, 0.6) is 0 Å². The van der Waals surface area contributed by atoms with Gasteiger partial charge >= 0.3 is 5.69 Å². The summed E-state index contributed by atoms with van der Waals surface area (Å²) in [6.45, 7) is 2.31. The molecule has 1 saturated heterocycles. The zero-order valence-corrected chi connectivity index (χ0v) is 13.3. The van der Waals surface area contributed by atoms with Gasteiger partial charge in [-0.15, -0.1) is 0 Å². The topological polar surface area (TPSA) is 111 Å². The highest BCUT2D eigenvalue weighted by atomic mass is 16.6. The van der Waals surface area contributed by atoms with E-state index in [2.05, 4.69) is 15.4 Å². The SMILES string of the molecule is Cn1ccnc1C1CNCCN1C(=O)CCn1cc([N+](=O)[O-])cn1. The quantitative estimate of drug-likeness (QED) is 0.613. The first kappa shape index (κ1) is 16.1. The first-order valence-corrected chi connectivity index (χ1v) is 7.70. The lowest BCUT2D eigenvalue weighted by molar-refractivity contribution is -0.385. The van der Waals surface area contributed by atoms with Gasteiger partial charge in [-0.05, 0) is 0 Å². The van der Waals surface area contributed by atoms with Crippen molar-refractivity contribution >= 4 is 11.6 Å². The largest absolute Gasteiger partial charge is 0.336 e. The number of nitrogens with one attached hydrogen (secondary N) is 1. The van der Waals surface area contributed by atoms with Crippen LogP contribution in [0.25, 0.3) is 0 Å². The number of aryl methyl sites for hydroxylation is 2. The van der Waals surface area contributed by atoms with Crippen LogP contribution in [0.4, 0.5) is 5.69 Å². The molecule has 3 rings (SSSR count). The molecule has 10 heteroatoms. The number of nitro groups is 1. The summed E-state index contributed by atoms with van der Waals surface area (Å²) in [5.41, 5.74) is -0.0736. The van der Waals surface area contributed by atoms with Crippen molar-refractivity contribution in [2.24, 2.45) is 7.05 Å². The summed E-state index contributed by atoms with van der Waals surface area (Å²) in [4.78, 5) is 28.9. The van der Waals surface area contributed by atoms with Gasteiger partial charge in [0.05, 0.1) is 4.92 Å². The van der Waals surface area contributed by atoms with Crippen molar-refractivity contribution in [1.82, 2.24) is 29.5 Å². The number of carbonyl (C=O) groups excluding carboxylic acids is 1. The van der Waals surface area contributed by atoms with Crippen LogP contribution in [0, 0.1) is 10.1 Å². The molecular formula is C14H19N7O3. The van der Waals surface area contributed by atoms with Crippen molar-refractivity contribution in [2.45, 2.75) is 19.0 Å². The molecule has 10 nitrogen and oxygen atoms in total. The highest BCUT2D eigenvalue weighted by molar-refractivity contribution is 5.76. The summed E-state index contributed by atoms with van der Waals surface area (Å²) >= 11 is 0. The molecule has 3 heterocycles. The fraction of sp³-hybridized carbons (Fsp3) is 0.500. The summed E-state index contributed by atoms with van der Waals surface area (Å²) in [7, 11) is 1.91. The summed E-state index contributed by atoms with van der Waals surface area (Å²) < 4.78 is 3.34. The Morgan fingerprint density at radius 1 is 1.54 bits per heavy atom. The minimum absolute atomic E-state index is 0.0114. The van der Waals surface area contributed by atoms with Gasteiger partial charge in [0.25, 0.3) is 0 Å². The molecule has 128 valence electrons. The second-order valence-electron chi connectivity index (χ2n) is 5.67. The molecule has 0 bridgehead atoms. The van der Waals surface area contributed by atoms with E-state index in [0.717, 1.165) is 12.4 Å². The molecule has 0 radical (unpaired) electrons. The van der Waals surface area contributed by atoms with E-state index in [9.17, 15) is 14.9 Å². The normalized spacial score (nSPS) is 17.9. The predicted octanol–water partition coefficient (Wildman–Crippen LogP) is 0.0880. The summed E-state index contributed by atoms with van der Waals surface area (Å²) in [6.07, 6.45) is 6.33. The third kappa shape index (κ3) is 3.27. The average molecular weight is 333 g/mol. The van der Waals surface area contributed by atoms with Gasteiger partial charge in [0.1, 0.15) is 24.3 Å². The van der Waals surface area contributed by atoms with Crippen molar-refractivity contribution in [3.8, 4) is 0 Å². The molecule has 2 aromatic heterocycles. The zero-order chi connectivity index (χ0) is 17.1. The third-order valence-electron chi connectivity index (χ3n) is 4.11. The maximum Gasteiger partial charge on any atom is 0.306 e. The Morgan fingerprint density at radius 3 is 3.04 bits per heavy atom. The number of nitrogens with zero attached hydrogens (tertiary/aromatic N) is 6. The highest BCUT2D eigenvalue weighted by Crippen LogP contribution is 2.21. The van der Waals surface area contributed by atoms with Crippen molar-refractivity contribution < 1.29 is 9.72 Å². The van der Waals surface area contributed by atoms with Crippen molar-refractivity contribution in [2.75, 3.05) is 19.6 Å². The molecule has 0 saturated carbocycles. The number of aromatic nitrogens is 4. The molecule has 1 atom stereocenters. The molecule has 2 aromatic rings. The van der Waals surface area contributed by atoms with Gasteiger partial charge in [0.15, 0.2) is 0 Å². The molecule has 0 aliphatic carbocycles. The number of hydrogen-bond donors (Lipinski definition) is 1. The number of imidazole rings is 1. The van der Waals surface area contributed by atoms with Crippen LogP contribution in [-0.2, 0) is 18.4 Å². The van der Waals surface area contributed by atoms with Gasteiger partial charge in [0, 0.05) is 52.0 Å². The van der Waals surface area contributed by atoms with Crippen LogP contribution in [0.15, 0.2) is 24.8 Å². The zero-order valence-electron chi connectivity index (χ0n) is 13.3. The van der Waals surface area contributed by atoms with E-state index in [0.29, 0.717) is 19.6 Å². The smallest absolute Gasteiger partial charge is 0.306 e. The van der Waals surface area contributed by atoms with E-state index in [1.165, 1.54) is 17.1 Å². The van der Waals surface area contributed by atoms with Crippen LogP contribution < -0.4 is 5.32 Å². The maximum atomic E-state index is 12.6. The molecule has 1 unspecified atom stereocenters. The van der Waals surface area contributed by atoms with Crippen LogP contribution in [0.2, 0.25) is 0 Å². The lowest BCUT2D eigenvalue weighted by Crippen LogP contribution is -2.49. The van der Waals surface area contributed by atoms with Crippen LogP contribution in [-0.4, -0.2) is 54.7 Å². The number of rotatable bonds is 5. The van der Waals surface area contributed by atoms with Crippen molar-refractivity contribution in [1.29, 1.82) is 0 Å². The molecular weight excluding hydrogens is 314 g/mol. The van der Waals surface area contributed by atoms with E-state index < -0.39 is 4.92 Å². The standard InChI is InChI=1S/C14H19N7O3/c1-18-6-4-16-14(18)12-9-15-3-7-20(12)13(22)2-5-19-10-11(8-17-19)21(23)24/h4,6,8,10,12,15H,2-3,5,7,9H2,1H3. The molecule has 1 fully saturated rings. The maximum absolute atomic E-state index is 12.6. The Kier molecular flexibility index (Phi) is 4.56. The Balaban J connectivity index is 1.65. The monoisotopic (exact) mass is 333 g/mol. The lowest BCUT2D eigenvalue weighted by atomic mass is 10.1. The number of piperazine rings is 1. The Hall–Kier alpha value is -2.75. The molecule has 1 amide bonds. The number of hydrogen-bond acceptors (Lipinski definition) is 6. The minimum Gasteiger partial charge on any atom is -0.336 e. The van der Waals surface area contributed by atoms with Gasteiger partial charge in [-0.1, -0.05) is 0 Å². The number of carbonyl (C=O) groups is 1. The van der Waals surface area contributed by atoms with Gasteiger partial charge in [-0.25, -0.2) is 4.98 Å². The third-order valence-corrected chi connectivity index (χ3v) is 4.11. The average Bonchev–Trinajstić information content (AvgIpc) is 3.21. The van der Waals surface area contributed by atoms with Crippen LogP contribution in [0.1, 0.15) is 18.3 Å². The fourth-order valence-corrected chi connectivity index (χ4v) is 2.85. The second kappa shape index (κ2) is 6.79. The van der Waals surface area contributed by atoms with E-state index >= 15 is 0 Å². The van der Waals surface area contributed by atoms with Gasteiger partial charge in [-0.2, -0.15) is 5.10 Å². The first-order valence-electron chi connectivity index (χ1n) is 7.70. The first-order chi connectivity index (χ1) is 11.6. The van der Waals surface area contributed by atoms with Crippen molar-refractivity contribution in [3.05, 3.63) is 40.7 Å². The highest BCUT2D eigenvalue weighted by Gasteiger charge is 2.30. The van der Waals surface area contributed by atoms with Crippen LogP contribution >= 0.6 is 0 Å². The minimum atomic E-state index is -0.501. The van der Waals surface area contributed by atoms with E-state index in [-0.39, 0.29) is 24.1 Å². The van der Waals surface area contributed by atoms with Crippen molar-refractivity contribution in [3.63, 3.8) is 0 Å². The Labute approximate surface area is 138 Å². The van der Waals surface area contributed by atoms with E-state index in [1.54, 1.807) is 6.20 Å². The van der Waals surface area contributed by atoms with Gasteiger partial charge in [0.2, 0.25) is 5.91 Å². The van der Waals surface area contributed by atoms with Gasteiger partial charge < -0.3 is 14.8 Å². The summed E-state index contributed by atoms with van der Waals surface area (Å²) in [5.74, 6) is 0.827. The Bertz CT molecular complexity index is 738. The molecule has 0 aromatic carbocycles. The molecule has 1 aliphatic heterocycles. The number of amides is 1. The molecule has 1 N–H and O–H groups in total. The second-order valence-corrected chi connectivity index (χ2v) is 5.67. The molecule has 0 spiro atoms. The van der Waals surface area contributed by atoms with Gasteiger partial charge in [-0.3, -0.25) is 19.6 Å². The Morgan fingerprint density at radius 2 is 2.38 bits per heavy atom. The molecule has 24 heavy (non-hydrogen) atoms. The van der Waals surface area contributed by atoms with Crippen LogP contribution in [0.3, 0.4) is 0 Å². The van der Waals surface area contributed by atoms with E-state index in [4.69, 9.17) is 0 Å². The molecule has 1 aliphatic rings. The van der Waals surface area contributed by atoms with E-state index in [1.807, 2.05) is 22.7 Å². The summed E-state index contributed by atoms with van der Waals surface area (Å²) in [5, 5.41) is 17.9. The fourth-order valence-electron chi connectivity index (χ4n) is 2.85.